The molecular weight excluding hydrogens is 254 g/mol. The van der Waals surface area contributed by atoms with Gasteiger partial charge in [-0.05, 0) is 30.3 Å². The van der Waals surface area contributed by atoms with Crippen molar-refractivity contribution in [3.8, 4) is 0 Å². The fourth-order valence-corrected chi connectivity index (χ4v) is 1.41. The third-order valence-corrected chi connectivity index (χ3v) is 2.36. The van der Waals surface area contributed by atoms with Gasteiger partial charge in [-0.25, -0.2) is 8.78 Å². The van der Waals surface area contributed by atoms with Gasteiger partial charge in [-0.1, -0.05) is 0 Å². The highest BCUT2D eigenvalue weighted by Gasteiger charge is 2.09. The number of carbonyl (C=O) groups is 1. The van der Waals surface area contributed by atoms with Gasteiger partial charge in [-0.3, -0.25) is 4.79 Å². The number of hydrogen-bond acceptors (Lipinski definition) is 4. The number of rotatable bonds is 3. The zero-order valence-corrected chi connectivity index (χ0v) is 9.73. The van der Waals surface area contributed by atoms with Gasteiger partial charge in [0, 0.05) is 12.1 Å². The van der Waals surface area contributed by atoms with Crippen LogP contribution >= 0.6 is 0 Å². The molecule has 0 bridgehead atoms. The van der Waals surface area contributed by atoms with Crippen molar-refractivity contribution in [2.24, 2.45) is 0 Å². The Balaban J connectivity index is 2.04. The second-order valence-electron chi connectivity index (χ2n) is 3.76. The van der Waals surface area contributed by atoms with E-state index in [1.807, 2.05) is 0 Å². The maximum atomic E-state index is 13.3. The first-order valence-electron chi connectivity index (χ1n) is 5.37. The van der Waals surface area contributed by atoms with E-state index < -0.39 is 17.5 Å². The van der Waals surface area contributed by atoms with Gasteiger partial charge < -0.3 is 11.1 Å². The number of halogens is 2. The number of nitrogen functional groups attached to an aromatic ring is 1. The Kier molecular flexibility index (Phi) is 3.65. The van der Waals surface area contributed by atoms with E-state index in [9.17, 15) is 13.6 Å². The van der Waals surface area contributed by atoms with Crippen LogP contribution in [0.15, 0.2) is 30.3 Å². The summed E-state index contributed by atoms with van der Waals surface area (Å²) in [4.78, 5) is 11.7. The maximum absolute atomic E-state index is 13.3. The number of nitrogens with zero attached hydrogens (tertiary/aromatic N) is 2. The summed E-state index contributed by atoms with van der Waals surface area (Å²) < 4.78 is 26.2. The Hall–Kier alpha value is -2.57. The quantitative estimate of drug-likeness (QED) is 0.874. The van der Waals surface area contributed by atoms with Crippen LogP contribution in [0, 0.1) is 11.6 Å². The average Bonchev–Trinajstić information content (AvgIpc) is 2.40. The standard InChI is InChI=1S/C12H10F2N4O/c13-8-1-2-9(14)7(5-8)6-16-12(19)10-3-4-11(15)18-17-10/h1-5H,6H2,(H2,15,18)(H,16,19). The van der Waals surface area contributed by atoms with E-state index in [1.54, 1.807) is 0 Å². The number of carbonyl (C=O) groups excluding carboxylic acids is 1. The zero-order chi connectivity index (χ0) is 13.8. The lowest BCUT2D eigenvalue weighted by atomic mass is 10.2. The second-order valence-corrected chi connectivity index (χ2v) is 3.76. The molecule has 0 saturated carbocycles. The summed E-state index contributed by atoms with van der Waals surface area (Å²) in [6, 6.07) is 5.83. The van der Waals surface area contributed by atoms with Crippen molar-refractivity contribution in [3.63, 3.8) is 0 Å². The molecule has 19 heavy (non-hydrogen) atoms. The number of nitrogens with two attached hydrogens (primary N) is 1. The monoisotopic (exact) mass is 264 g/mol. The van der Waals surface area contributed by atoms with Gasteiger partial charge in [0.1, 0.15) is 17.5 Å². The van der Waals surface area contributed by atoms with Gasteiger partial charge in [-0.2, -0.15) is 0 Å². The Bertz CT molecular complexity index is 601. The highest BCUT2D eigenvalue weighted by Crippen LogP contribution is 2.09. The molecule has 1 aromatic heterocycles. The molecule has 0 unspecified atom stereocenters. The van der Waals surface area contributed by atoms with Crippen LogP contribution in [-0.2, 0) is 6.54 Å². The van der Waals surface area contributed by atoms with E-state index in [4.69, 9.17) is 5.73 Å². The number of aromatic nitrogens is 2. The normalized spacial score (nSPS) is 10.2. The zero-order valence-electron chi connectivity index (χ0n) is 9.73. The van der Waals surface area contributed by atoms with Crippen LogP contribution in [0.25, 0.3) is 0 Å². The van der Waals surface area contributed by atoms with E-state index >= 15 is 0 Å². The molecule has 0 aliphatic rings. The summed E-state index contributed by atoms with van der Waals surface area (Å²) in [6.45, 7) is -0.144. The fourth-order valence-electron chi connectivity index (χ4n) is 1.41. The van der Waals surface area contributed by atoms with Crippen LogP contribution < -0.4 is 11.1 Å². The predicted molar refractivity (Wildman–Crippen MR) is 64.0 cm³/mol. The Morgan fingerprint density at radius 3 is 2.68 bits per heavy atom. The van der Waals surface area contributed by atoms with Gasteiger partial charge in [0.2, 0.25) is 0 Å². The lowest BCUT2D eigenvalue weighted by Gasteiger charge is -2.05. The first kappa shape index (κ1) is 12.9. The van der Waals surface area contributed by atoms with Crippen LogP contribution in [0.3, 0.4) is 0 Å². The lowest BCUT2D eigenvalue weighted by Crippen LogP contribution is -2.24. The van der Waals surface area contributed by atoms with Gasteiger partial charge in [-0.15, -0.1) is 10.2 Å². The fraction of sp³-hybridized carbons (Fsp3) is 0.0833. The number of anilines is 1. The second kappa shape index (κ2) is 5.38. The molecule has 5 nitrogen and oxygen atoms in total. The summed E-state index contributed by atoms with van der Waals surface area (Å²) in [7, 11) is 0. The summed E-state index contributed by atoms with van der Waals surface area (Å²) >= 11 is 0. The Morgan fingerprint density at radius 2 is 2.00 bits per heavy atom. The largest absolute Gasteiger partial charge is 0.382 e. The molecule has 7 heteroatoms. The first-order chi connectivity index (χ1) is 9.06. The third-order valence-electron chi connectivity index (χ3n) is 2.36. The van der Waals surface area contributed by atoms with E-state index in [0.717, 1.165) is 18.2 Å². The summed E-state index contributed by atoms with van der Waals surface area (Å²) in [5, 5.41) is 9.51. The molecule has 0 fully saturated rings. The number of nitrogens with one attached hydrogen (secondary N) is 1. The van der Waals surface area contributed by atoms with Crippen molar-refractivity contribution < 1.29 is 13.6 Å². The van der Waals surface area contributed by atoms with Gasteiger partial charge in [0.05, 0.1) is 0 Å². The van der Waals surface area contributed by atoms with E-state index in [0.29, 0.717) is 0 Å². The minimum absolute atomic E-state index is 0.0472. The minimum atomic E-state index is -0.593. The molecule has 3 N–H and O–H groups in total. The summed E-state index contributed by atoms with van der Waals surface area (Å²) in [5.74, 6) is -1.52. The maximum Gasteiger partial charge on any atom is 0.272 e. The van der Waals surface area contributed by atoms with Crippen molar-refractivity contribution in [2.75, 3.05) is 5.73 Å². The van der Waals surface area contributed by atoms with Crippen molar-refractivity contribution in [1.29, 1.82) is 0 Å². The van der Waals surface area contributed by atoms with Gasteiger partial charge in [0.25, 0.3) is 5.91 Å². The molecule has 2 rings (SSSR count). The van der Waals surface area contributed by atoms with E-state index in [-0.39, 0.29) is 23.6 Å². The van der Waals surface area contributed by atoms with Crippen molar-refractivity contribution in [1.82, 2.24) is 15.5 Å². The molecule has 0 saturated heterocycles. The predicted octanol–water partition coefficient (Wildman–Crippen LogP) is 1.27. The van der Waals surface area contributed by atoms with Crippen molar-refractivity contribution in [2.45, 2.75) is 6.54 Å². The first-order valence-corrected chi connectivity index (χ1v) is 5.37. The molecule has 0 radical (unpaired) electrons. The Morgan fingerprint density at radius 1 is 1.21 bits per heavy atom. The Labute approximate surface area is 107 Å². The highest BCUT2D eigenvalue weighted by molar-refractivity contribution is 5.92. The molecule has 0 atom stereocenters. The third kappa shape index (κ3) is 3.21. The lowest BCUT2D eigenvalue weighted by molar-refractivity contribution is 0.0944. The molecule has 1 amide bonds. The molecule has 98 valence electrons. The van der Waals surface area contributed by atoms with Crippen LogP contribution in [-0.4, -0.2) is 16.1 Å². The van der Waals surface area contributed by atoms with Crippen LogP contribution in [0.2, 0.25) is 0 Å². The average molecular weight is 264 g/mol. The van der Waals surface area contributed by atoms with Crippen molar-refractivity contribution >= 4 is 11.7 Å². The molecule has 0 aliphatic carbocycles. The molecule has 1 heterocycles. The molecule has 2 aromatic rings. The highest BCUT2D eigenvalue weighted by atomic mass is 19.1. The van der Waals surface area contributed by atoms with Crippen LogP contribution in [0.1, 0.15) is 16.1 Å². The molecule has 0 spiro atoms. The SMILES string of the molecule is Nc1ccc(C(=O)NCc2cc(F)ccc2F)nn1. The van der Waals surface area contributed by atoms with Crippen LogP contribution in [0.4, 0.5) is 14.6 Å². The van der Waals surface area contributed by atoms with Crippen LogP contribution in [0.5, 0.6) is 0 Å². The number of amides is 1. The molecule has 1 aromatic carbocycles. The van der Waals surface area contributed by atoms with E-state index in [2.05, 4.69) is 15.5 Å². The number of hydrogen-bond donors (Lipinski definition) is 2. The van der Waals surface area contributed by atoms with Gasteiger partial charge >= 0.3 is 0 Å². The van der Waals surface area contributed by atoms with E-state index in [1.165, 1.54) is 12.1 Å². The summed E-state index contributed by atoms with van der Waals surface area (Å²) in [6.07, 6.45) is 0. The number of benzene rings is 1. The minimum Gasteiger partial charge on any atom is -0.382 e. The summed E-state index contributed by atoms with van der Waals surface area (Å²) in [5.41, 5.74) is 5.43. The van der Waals surface area contributed by atoms with Gasteiger partial charge in [0.15, 0.2) is 5.69 Å². The topological polar surface area (TPSA) is 80.9 Å². The molecule has 0 aliphatic heterocycles. The smallest absolute Gasteiger partial charge is 0.272 e. The molecular formula is C12H10F2N4O. The van der Waals surface area contributed by atoms with Crippen molar-refractivity contribution in [3.05, 3.63) is 53.2 Å².